The predicted octanol–water partition coefficient (Wildman–Crippen LogP) is 2.50. The number of phenols is 1. The summed E-state index contributed by atoms with van der Waals surface area (Å²) in [6.07, 6.45) is -4.65. The molecule has 0 saturated carbocycles. The highest BCUT2D eigenvalue weighted by Crippen LogP contribution is 2.29. The van der Waals surface area contributed by atoms with Crippen LogP contribution in [-0.4, -0.2) is 38.5 Å². The molecule has 0 aliphatic carbocycles. The third-order valence-corrected chi connectivity index (χ3v) is 8.23. The number of hydrogen-bond donors (Lipinski definition) is 2. The zero-order chi connectivity index (χ0) is 29.7. The fourth-order valence-corrected chi connectivity index (χ4v) is 6.02. The Balaban J connectivity index is 0.000000559. The van der Waals surface area contributed by atoms with Gasteiger partial charge in [0, 0.05) is 24.0 Å². The fourth-order valence-electron chi connectivity index (χ4n) is 4.59. The number of aliphatic carboxylic acids is 1. The summed E-state index contributed by atoms with van der Waals surface area (Å²) in [4.78, 5) is 22.6. The van der Waals surface area contributed by atoms with Crippen LogP contribution in [0.4, 0.5) is 13.2 Å². The number of halogens is 3. The maximum Gasteiger partial charge on any atom is 0.430 e. The van der Waals surface area contributed by atoms with Crippen LogP contribution in [0.25, 0.3) is 0 Å². The lowest BCUT2D eigenvalue weighted by Crippen LogP contribution is -3.04. The van der Waals surface area contributed by atoms with Crippen molar-refractivity contribution >= 4 is 21.6 Å². The number of carbonyl (C=O) groups is 2. The molecule has 40 heavy (non-hydrogen) atoms. The van der Waals surface area contributed by atoms with Crippen LogP contribution in [0.2, 0.25) is 0 Å². The summed E-state index contributed by atoms with van der Waals surface area (Å²) in [5.41, 5.74) is 4.88. The van der Waals surface area contributed by atoms with E-state index in [2.05, 4.69) is 7.05 Å². The van der Waals surface area contributed by atoms with Gasteiger partial charge in [0.1, 0.15) is 35.5 Å². The van der Waals surface area contributed by atoms with Crippen molar-refractivity contribution in [3.05, 3.63) is 94.5 Å². The molecule has 3 aromatic carbocycles. The van der Waals surface area contributed by atoms with Gasteiger partial charge in [-0.15, -0.1) is 0 Å². The van der Waals surface area contributed by atoms with Gasteiger partial charge in [0.2, 0.25) is 0 Å². The van der Waals surface area contributed by atoms with Crippen LogP contribution in [0, 0.1) is 0 Å². The summed E-state index contributed by atoms with van der Waals surface area (Å²) < 4.78 is 57.5. The van der Waals surface area contributed by atoms with E-state index in [1.165, 1.54) is 28.2 Å². The van der Waals surface area contributed by atoms with Gasteiger partial charge in [0.25, 0.3) is 0 Å². The molecular formula is C29H30F3NO6S. The monoisotopic (exact) mass is 577 g/mol. The van der Waals surface area contributed by atoms with Gasteiger partial charge < -0.3 is 19.9 Å². The third-order valence-electron chi connectivity index (χ3n) is 6.51. The lowest BCUT2D eigenvalue weighted by Gasteiger charge is -2.12. The number of quaternary nitrogens is 1. The van der Waals surface area contributed by atoms with E-state index in [9.17, 15) is 31.5 Å². The van der Waals surface area contributed by atoms with Gasteiger partial charge in [-0.1, -0.05) is 55.5 Å². The molecule has 1 heterocycles. The van der Waals surface area contributed by atoms with E-state index in [1.54, 1.807) is 6.07 Å². The van der Waals surface area contributed by atoms with Gasteiger partial charge >= 0.3 is 6.18 Å². The summed E-state index contributed by atoms with van der Waals surface area (Å²) >= 11 is 0. The highest BCUT2D eigenvalue weighted by molar-refractivity contribution is 7.90. The molecule has 1 aliphatic heterocycles. The molecule has 0 bridgehead atoms. The molecule has 2 atom stereocenters. The number of sulfone groups is 1. The van der Waals surface area contributed by atoms with Crippen LogP contribution in [0.1, 0.15) is 47.1 Å². The number of Topliss-reactive ketones (excluding diaryl/α,β-unsaturated/α-hetero) is 1. The van der Waals surface area contributed by atoms with Crippen LogP contribution < -0.4 is 10.0 Å². The fraction of sp³-hybridized carbons (Fsp3) is 0.310. The molecule has 0 aromatic heterocycles. The Morgan fingerprint density at radius 1 is 0.975 bits per heavy atom. The summed E-state index contributed by atoms with van der Waals surface area (Å²) in [5.74, 6) is -3.33. The number of fused-ring (bicyclic) bond motifs is 1. The van der Waals surface area contributed by atoms with Crippen LogP contribution in [0.5, 0.6) is 5.75 Å². The molecular weight excluding hydrogens is 547 g/mol. The Bertz CT molecular complexity index is 1470. The standard InChI is InChI=1S/C27H29NO4S.C2HF3O2/c1-19(22-6-4-3-5-7-22)12-25(29)14-20-9-11-27(26(30)15-20)33(31,32)18-21-8-10-23-16-28(2)17-24(23)13-21;3-2(4,5)1(6)7/h3-11,13,15,19,30H,12,14,16-18H2,1-2H3;(H,6,7). The van der Waals surface area contributed by atoms with E-state index in [0.29, 0.717) is 12.0 Å². The molecule has 214 valence electrons. The SMILES string of the molecule is CC(CC(=O)Cc1ccc(S(=O)(=O)Cc2ccc3c(c2)C[NH+](C)C3)c(O)c1)c1ccccc1.O=C([O-])C(F)(F)F. The Morgan fingerprint density at radius 3 is 2.17 bits per heavy atom. The zero-order valence-electron chi connectivity index (χ0n) is 22.0. The lowest BCUT2D eigenvalue weighted by atomic mass is 9.93. The first-order valence-corrected chi connectivity index (χ1v) is 14.1. The first kappa shape index (κ1) is 30.8. The second-order valence-corrected chi connectivity index (χ2v) is 11.9. The summed E-state index contributed by atoms with van der Waals surface area (Å²) in [6, 6.07) is 20.1. The molecule has 0 saturated heterocycles. The van der Waals surface area contributed by atoms with Crippen LogP contribution >= 0.6 is 0 Å². The zero-order valence-corrected chi connectivity index (χ0v) is 22.8. The van der Waals surface area contributed by atoms with Crippen molar-refractivity contribution in [2.45, 2.75) is 55.6 Å². The normalized spacial score (nSPS) is 15.5. The number of carboxylic acid groups (broad SMARTS) is 1. The average Bonchev–Trinajstić information content (AvgIpc) is 3.23. The summed E-state index contributed by atoms with van der Waals surface area (Å²) in [7, 11) is -1.60. The van der Waals surface area contributed by atoms with Crippen LogP contribution in [-0.2, 0) is 44.7 Å². The molecule has 0 amide bonds. The minimum atomic E-state index is -5.19. The van der Waals surface area contributed by atoms with Crippen molar-refractivity contribution in [3.63, 3.8) is 0 Å². The number of rotatable bonds is 8. The van der Waals surface area contributed by atoms with E-state index in [0.717, 1.165) is 24.2 Å². The second kappa shape index (κ2) is 12.6. The number of carbonyl (C=O) groups excluding carboxylic acids is 2. The number of carboxylic acids is 1. The molecule has 11 heteroatoms. The summed E-state index contributed by atoms with van der Waals surface area (Å²) in [5, 5.41) is 19.3. The van der Waals surface area contributed by atoms with Crippen molar-refractivity contribution in [3.8, 4) is 5.75 Å². The highest BCUT2D eigenvalue weighted by atomic mass is 32.2. The molecule has 2 unspecified atom stereocenters. The van der Waals surface area contributed by atoms with Gasteiger partial charge in [-0.2, -0.15) is 13.2 Å². The molecule has 7 nitrogen and oxygen atoms in total. The van der Waals surface area contributed by atoms with Gasteiger partial charge in [0.15, 0.2) is 9.84 Å². The van der Waals surface area contributed by atoms with Gasteiger partial charge in [-0.3, -0.25) is 4.79 Å². The van der Waals surface area contributed by atoms with Gasteiger partial charge in [-0.05, 0) is 40.8 Å². The molecule has 0 radical (unpaired) electrons. The van der Waals surface area contributed by atoms with Gasteiger partial charge in [0.05, 0.1) is 12.8 Å². The van der Waals surface area contributed by atoms with Crippen LogP contribution in [0.3, 0.4) is 0 Å². The molecule has 1 aliphatic rings. The van der Waals surface area contributed by atoms with Crippen LogP contribution in [0.15, 0.2) is 71.6 Å². The number of phenolic OH excluding ortho intramolecular Hbond substituents is 1. The van der Waals surface area contributed by atoms with E-state index in [4.69, 9.17) is 9.90 Å². The molecule has 2 N–H and O–H groups in total. The largest absolute Gasteiger partial charge is 0.542 e. The van der Waals surface area contributed by atoms with E-state index < -0.39 is 22.0 Å². The Labute approximate surface area is 230 Å². The number of aromatic hydroxyl groups is 1. The number of nitrogens with one attached hydrogen (secondary N) is 1. The summed E-state index contributed by atoms with van der Waals surface area (Å²) in [6.45, 7) is 3.85. The second-order valence-electron chi connectivity index (χ2n) is 9.99. The van der Waals surface area contributed by atoms with Crippen molar-refractivity contribution < 1.29 is 46.3 Å². The predicted molar refractivity (Wildman–Crippen MR) is 139 cm³/mol. The van der Waals surface area contributed by atoms with E-state index >= 15 is 0 Å². The van der Waals surface area contributed by atoms with E-state index in [-0.39, 0.29) is 34.5 Å². The molecule has 0 spiro atoms. The Hall–Kier alpha value is -3.70. The van der Waals surface area contributed by atoms with Crippen molar-refractivity contribution in [2.75, 3.05) is 7.05 Å². The number of ketones is 1. The quantitative estimate of drug-likeness (QED) is 0.425. The minimum Gasteiger partial charge on any atom is -0.542 e. The maximum absolute atomic E-state index is 13.0. The maximum atomic E-state index is 13.0. The van der Waals surface area contributed by atoms with Crippen molar-refractivity contribution in [2.24, 2.45) is 0 Å². The minimum absolute atomic E-state index is 0.0478. The Kier molecular flexibility index (Phi) is 9.75. The lowest BCUT2D eigenvalue weighted by molar-refractivity contribution is -0.900. The van der Waals surface area contributed by atoms with Gasteiger partial charge in [-0.25, -0.2) is 8.42 Å². The molecule has 4 rings (SSSR count). The Morgan fingerprint density at radius 2 is 1.57 bits per heavy atom. The number of benzene rings is 3. The topological polar surface area (TPSA) is 116 Å². The smallest absolute Gasteiger partial charge is 0.430 e. The first-order chi connectivity index (χ1) is 18.7. The first-order valence-electron chi connectivity index (χ1n) is 12.5. The van der Waals surface area contributed by atoms with Crippen molar-refractivity contribution in [1.29, 1.82) is 0 Å². The third kappa shape index (κ3) is 8.40. The van der Waals surface area contributed by atoms with Crippen molar-refractivity contribution in [1.82, 2.24) is 0 Å². The average molecular weight is 578 g/mol. The molecule has 3 aromatic rings. The highest BCUT2D eigenvalue weighted by Gasteiger charge is 2.29. The van der Waals surface area contributed by atoms with E-state index in [1.807, 2.05) is 55.5 Å². The number of hydrogen-bond acceptors (Lipinski definition) is 6. The number of alkyl halides is 3. The molecule has 0 fully saturated rings.